The molecule has 0 aliphatic heterocycles. The molecule has 1 aromatic heterocycles. The molecule has 0 bridgehead atoms. The number of benzene rings is 1. The predicted molar refractivity (Wildman–Crippen MR) is 93.5 cm³/mol. The third kappa shape index (κ3) is 4.32. The number of methoxy groups -OCH3 is 1. The van der Waals surface area contributed by atoms with E-state index in [4.69, 9.17) is 4.74 Å². The summed E-state index contributed by atoms with van der Waals surface area (Å²) >= 11 is 0. The van der Waals surface area contributed by atoms with Gasteiger partial charge in [-0.2, -0.15) is 0 Å². The van der Waals surface area contributed by atoms with Crippen LogP contribution < -0.4 is 10.6 Å². The van der Waals surface area contributed by atoms with Crippen molar-refractivity contribution in [3.05, 3.63) is 54.2 Å². The molecule has 3 rings (SSSR count). The van der Waals surface area contributed by atoms with Crippen LogP contribution in [0.2, 0.25) is 0 Å². The summed E-state index contributed by atoms with van der Waals surface area (Å²) in [5.41, 5.74) is 3.03. The molecule has 5 nitrogen and oxygen atoms in total. The zero-order chi connectivity index (χ0) is 16.8. The minimum atomic E-state index is -0.125. The van der Waals surface area contributed by atoms with Crippen molar-refractivity contribution >= 4 is 6.03 Å². The van der Waals surface area contributed by atoms with E-state index in [2.05, 4.69) is 21.7 Å². The normalized spacial score (nSPS) is 19.9. The second kappa shape index (κ2) is 7.93. The Morgan fingerprint density at radius 2 is 2.17 bits per heavy atom. The Morgan fingerprint density at radius 3 is 2.92 bits per heavy atom. The lowest BCUT2D eigenvalue weighted by atomic mass is 10.1. The first kappa shape index (κ1) is 16.5. The Hall–Kier alpha value is -2.40. The van der Waals surface area contributed by atoms with Gasteiger partial charge in [0.05, 0.1) is 11.8 Å². The molecule has 2 atom stereocenters. The number of hydrogen-bond donors (Lipinski definition) is 2. The lowest BCUT2D eigenvalue weighted by molar-refractivity contribution is 0.107. The Kier molecular flexibility index (Phi) is 5.43. The van der Waals surface area contributed by atoms with Crippen LogP contribution in [0.3, 0.4) is 0 Å². The Labute approximate surface area is 142 Å². The minimum Gasteiger partial charge on any atom is -0.381 e. The average Bonchev–Trinajstić information content (AvgIpc) is 3.08. The molecule has 24 heavy (non-hydrogen) atoms. The fourth-order valence-corrected chi connectivity index (χ4v) is 3.08. The summed E-state index contributed by atoms with van der Waals surface area (Å²) in [5, 5.41) is 5.94. The van der Waals surface area contributed by atoms with E-state index in [-0.39, 0.29) is 18.2 Å². The van der Waals surface area contributed by atoms with Crippen LogP contribution in [0.1, 0.15) is 24.8 Å². The molecule has 1 saturated carbocycles. The van der Waals surface area contributed by atoms with Crippen LogP contribution in [0.4, 0.5) is 4.79 Å². The predicted octanol–water partition coefficient (Wildman–Crippen LogP) is 3.12. The van der Waals surface area contributed by atoms with Gasteiger partial charge in [-0.15, -0.1) is 0 Å². The summed E-state index contributed by atoms with van der Waals surface area (Å²) in [5.74, 6) is 0. The molecule has 126 valence electrons. The second-order valence-electron chi connectivity index (χ2n) is 6.11. The molecule has 1 fully saturated rings. The maximum atomic E-state index is 12.0. The van der Waals surface area contributed by atoms with Gasteiger partial charge in [0, 0.05) is 31.5 Å². The fraction of sp³-hybridized carbons (Fsp3) is 0.368. The standard InChI is InChI=1S/C19H23N3O2/c1-24-17-9-8-16(12-17)22-19(23)21-13-14-5-4-6-15(11-14)18-7-2-3-10-20-18/h2-7,10-11,16-17H,8-9,12-13H2,1H3,(H2,21,22,23)/t16-,17+/m0/s1. The molecule has 2 aromatic rings. The van der Waals surface area contributed by atoms with E-state index in [1.54, 1.807) is 13.3 Å². The highest BCUT2D eigenvalue weighted by atomic mass is 16.5. The zero-order valence-electron chi connectivity index (χ0n) is 13.9. The number of carbonyl (C=O) groups excluding carboxylic acids is 1. The smallest absolute Gasteiger partial charge is 0.315 e. The van der Waals surface area contributed by atoms with Crippen molar-refractivity contribution < 1.29 is 9.53 Å². The first-order chi connectivity index (χ1) is 11.7. The molecule has 1 aliphatic rings. The number of aromatic nitrogens is 1. The molecule has 0 spiro atoms. The van der Waals surface area contributed by atoms with Gasteiger partial charge in [0.25, 0.3) is 0 Å². The van der Waals surface area contributed by atoms with Crippen LogP contribution in [-0.4, -0.2) is 30.3 Å². The van der Waals surface area contributed by atoms with Crippen LogP contribution in [0.25, 0.3) is 11.3 Å². The number of nitrogens with zero attached hydrogens (tertiary/aromatic N) is 1. The van der Waals surface area contributed by atoms with Gasteiger partial charge >= 0.3 is 6.03 Å². The minimum absolute atomic E-state index is 0.125. The third-order valence-electron chi connectivity index (χ3n) is 4.39. The van der Waals surface area contributed by atoms with E-state index in [9.17, 15) is 4.79 Å². The summed E-state index contributed by atoms with van der Waals surface area (Å²) in [6.45, 7) is 0.493. The largest absolute Gasteiger partial charge is 0.381 e. The van der Waals surface area contributed by atoms with E-state index in [1.165, 1.54) is 0 Å². The van der Waals surface area contributed by atoms with E-state index in [0.29, 0.717) is 6.54 Å². The van der Waals surface area contributed by atoms with E-state index >= 15 is 0 Å². The Morgan fingerprint density at radius 1 is 1.25 bits per heavy atom. The van der Waals surface area contributed by atoms with Gasteiger partial charge in [-0.1, -0.05) is 24.3 Å². The molecular formula is C19H23N3O2. The highest BCUT2D eigenvalue weighted by Gasteiger charge is 2.25. The third-order valence-corrected chi connectivity index (χ3v) is 4.39. The van der Waals surface area contributed by atoms with Gasteiger partial charge in [-0.3, -0.25) is 4.98 Å². The summed E-state index contributed by atoms with van der Waals surface area (Å²) in [6.07, 6.45) is 4.92. The van der Waals surface area contributed by atoms with Crippen LogP contribution in [0.5, 0.6) is 0 Å². The monoisotopic (exact) mass is 325 g/mol. The molecular weight excluding hydrogens is 302 g/mol. The number of pyridine rings is 1. The van der Waals surface area contributed by atoms with Crippen molar-refractivity contribution in [1.29, 1.82) is 0 Å². The summed E-state index contributed by atoms with van der Waals surface area (Å²) in [4.78, 5) is 16.4. The number of nitrogens with one attached hydrogen (secondary N) is 2. The van der Waals surface area contributed by atoms with Crippen molar-refractivity contribution in [2.24, 2.45) is 0 Å². The van der Waals surface area contributed by atoms with Gasteiger partial charge in [-0.05, 0) is 43.0 Å². The second-order valence-corrected chi connectivity index (χ2v) is 6.11. The maximum Gasteiger partial charge on any atom is 0.315 e. The highest BCUT2D eigenvalue weighted by Crippen LogP contribution is 2.21. The first-order valence-electron chi connectivity index (χ1n) is 8.32. The number of ether oxygens (including phenoxy) is 1. The molecule has 5 heteroatoms. The number of rotatable bonds is 5. The Bertz CT molecular complexity index is 675. The van der Waals surface area contributed by atoms with Gasteiger partial charge < -0.3 is 15.4 Å². The van der Waals surface area contributed by atoms with Crippen molar-refractivity contribution in [3.8, 4) is 11.3 Å². The van der Waals surface area contributed by atoms with Crippen LogP contribution >= 0.6 is 0 Å². The Balaban J connectivity index is 1.52. The van der Waals surface area contributed by atoms with E-state index in [0.717, 1.165) is 36.1 Å². The van der Waals surface area contributed by atoms with Crippen LogP contribution in [0, 0.1) is 0 Å². The summed E-state index contributed by atoms with van der Waals surface area (Å²) in [7, 11) is 1.72. The lowest BCUT2D eigenvalue weighted by Crippen LogP contribution is -2.40. The average molecular weight is 325 g/mol. The maximum absolute atomic E-state index is 12.0. The fourth-order valence-electron chi connectivity index (χ4n) is 3.08. The number of urea groups is 1. The van der Waals surface area contributed by atoms with Gasteiger partial charge in [0.2, 0.25) is 0 Å². The highest BCUT2D eigenvalue weighted by molar-refractivity contribution is 5.74. The van der Waals surface area contributed by atoms with Gasteiger partial charge in [0.1, 0.15) is 0 Å². The van der Waals surface area contributed by atoms with Crippen LogP contribution in [0.15, 0.2) is 48.7 Å². The summed E-state index contributed by atoms with van der Waals surface area (Å²) in [6, 6.07) is 14.0. The molecule has 0 unspecified atom stereocenters. The van der Waals surface area contributed by atoms with Crippen LogP contribution in [-0.2, 0) is 11.3 Å². The zero-order valence-corrected chi connectivity index (χ0v) is 13.9. The number of carbonyl (C=O) groups is 1. The molecule has 1 aliphatic carbocycles. The molecule has 0 saturated heterocycles. The van der Waals surface area contributed by atoms with E-state index < -0.39 is 0 Å². The molecule has 2 N–H and O–H groups in total. The molecule has 0 radical (unpaired) electrons. The molecule has 1 heterocycles. The molecule has 1 aromatic carbocycles. The quantitative estimate of drug-likeness (QED) is 0.888. The first-order valence-corrected chi connectivity index (χ1v) is 8.32. The van der Waals surface area contributed by atoms with Crippen molar-refractivity contribution in [2.75, 3.05) is 7.11 Å². The summed E-state index contributed by atoms with van der Waals surface area (Å²) < 4.78 is 5.33. The topological polar surface area (TPSA) is 63.2 Å². The van der Waals surface area contributed by atoms with Gasteiger partial charge in [-0.25, -0.2) is 4.79 Å². The number of amides is 2. The number of hydrogen-bond acceptors (Lipinski definition) is 3. The molecule has 2 amide bonds. The van der Waals surface area contributed by atoms with Crippen molar-refractivity contribution in [2.45, 2.75) is 38.0 Å². The van der Waals surface area contributed by atoms with Gasteiger partial charge in [0.15, 0.2) is 0 Å². The SMILES string of the molecule is CO[C@@H]1CC[C@H](NC(=O)NCc2cccc(-c3ccccn3)c2)C1. The van der Waals surface area contributed by atoms with Crippen molar-refractivity contribution in [1.82, 2.24) is 15.6 Å². The lowest BCUT2D eigenvalue weighted by Gasteiger charge is -2.14. The van der Waals surface area contributed by atoms with Crippen molar-refractivity contribution in [3.63, 3.8) is 0 Å². The van der Waals surface area contributed by atoms with E-state index in [1.807, 2.05) is 36.4 Å².